The molecule has 5 heteroatoms. The lowest BCUT2D eigenvalue weighted by Gasteiger charge is -2.23. The van der Waals surface area contributed by atoms with E-state index in [1.165, 1.54) is 11.1 Å². The first-order chi connectivity index (χ1) is 9.58. The smallest absolute Gasteiger partial charge is 0.234 e. The summed E-state index contributed by atoms with van der Waals surface area (Å²) in [7, 11) is 0. The van der Waals surface area contributed by atoms with E-state index >= 15 is 0 Å². The van der Waals surface area contributed by atoms with Gasteiger partial charge in [-0.3, -0.25) is 4.79 Å². The number of carbonyl (C=O) groups is 1. The summed E-state index contributed by atoms with van der Waals surface area (Å²) in [5.74, 6) is -0.0758. The molecule has 1 saturated carbocycles. The van der Waals surface area contributed by atoms with Crippen LogP contribution in [0.5, 0.6) is 0 Å². The molecule has 21 heavy (non-hydrogen) atoms. The lowest BCUT2D eigenvalue weighted by atomic mass is 9.99. The topological polar surface area (TPSA) is 29.1 Å². The van der Waals surface area contributed by atoms with E-state index in [-0.39, 0.29) is 11.9 Å². The molecular weight excluding hydrogens is 373 g/mol. The van der Waals surface area contributed by atoms with Crippen LogP contribution >= 0.6 is 39.1 Å². The number of alkyl halides is 3. The molecule has 2 rings (SSSR count). The lowest BCUT2D eigenvalue weighted by Crippen LogP contribution is -2.38. The quantitative estimate of drug-likeness (QED) is 0.730. The molecule has 1 aliphatic rings. The first-order valence-corrected chi connectivity index (χ1v) is 8.65. The van der Waals surface area contributed by atoms with Gasteiger partial charge in [0, 0.05) is 5.41 Å². The molecule has 1 fully saturated rings. The van der Waals surface area contributed by atoms with Crippen LogP contribution in [-0.2, 0) is 4.79 Å². The number of nitrogens with one attached hydrogen (secondary N) is 1. The highest BCUT2D eigenvalue weighted by molar-refractivity contribution is 9.10. The van der Waals surface area contributed by atoms with Crippen molar-refractivity contribution in [2.24, 2.45) is 5.41 Å². The molecule has 0 heterocycles. The third-order valence-corrected chi connectivity index (χ3v) is 6.90. The van der Waals surface area contributed by atoms with Crippen LogP contribution in [0.15, 0.2) is 18.2 Å². The summed E-state index contributed by atoms with van der Waals surface area (Å²) in [5.41, 5.74) is 3.10. The minimum absolute atomic E-state index is 0.0550. The Bertz CT molecular complexity index is 575. The molecule has 0 radical (unpaired) electrons. The van der Waals surface area contributed by atoms with Gasteiger partial charge in [-0.05, 0) is 38.3 Å². The third kappa shape index (κ3) is 3.25. The molecule has 0 bridgehead atoms. The summed E-state index contributed by atoms with van der Waals surface area (Å²) in [6.07, 6.45) is 0.615. The van der Waals surface area contributed by atoms with E-state index in [1.807, 2.05) is 13.8 Å². The van der Waals surface area contributed by atoms with E-state index in [2.05, 4.69) is 53.3 Å². The lowest BCUT2D eigenvalue weighted by molar-refractivity contribution is -0.122. The monoisotopic (exact) mass is 391 g/mol. The predicted octanol–water partition coefficient (Wildman–Crippen LogP) is 4.83. The Labute approximate surface area is 144 Å². The maximum Gasteiger partial charge on any atom is 0.234 e. The average molecular weight is 393 g/mol. The van der Waals surface area contributed by atoms with Crippen LogP contribution in [0.25, 0.3) is 0 Å². The number of aryl methyl sites for hydroxylation is 2. The van der Waals surface area contributed by atoms with Crippen LogP contribution in [-0.4, -0.2) is 15.1 Å². The maximum atomic E-state index is 12.4. The summed E-state index contributed by atoms with van der Waals surface area (Å²) in [6, 6.07) is 6.18. The second kappa shape index (κ2) is 5.75. The minimum Gasteiger partial charge on any atom is -0.349 e. The van der Waals surface area contributed by atoms with Gasteiger partial charge in [-0.15, -0.1) is 23.2 Å². The van der Waals surface area contributed by atoms with Gasteiger partial charge in [0.25, 0.3) is 0 Å². The normalized spacial score (nSPS) is 26.0. The number of amides is 1. The van der Waals surface area contributed by atoms with Crippen LogP contribution < -0.4 is 5.32 Å². The fourth-order valence-electron chi connectivity index (χ4n) is 2.66. The molecule has 3 atom stereocenters. The molecule has 1 aromatic carbocycles. The molecule has 0 spiro atoms. The van der Waals surface area contributed by atoms with Gasteiger partial charge in [0.15, 0.2) is 0 Å². The molecule has 116 valence electrons. The van der Waals surface area contributed by atoms with Crippen molar-refractivity contribution in [2.45, 2.75) is 49.3 Å². The van der Waals surface area contributed by atoms with Crippen molar-refractivity contribution in [3.8, 4) is 0 Å². The van der Waals surface area contributed by atoms with Crippen molar-refractivity contribution < 1.29 is 4.79 Å². The van der Waals surface area contributed by atoms with Gasteiger partial charge in [-0.25, -0.2) is 0 Å². The first-order valence-electron chi connectivity index (χ1n) is 6.98. The summed E-state index contributed by atoms with van der Waals surface area (Å²) >= 11 is 15.7. The van der Waals surface area contributed by atoms with Gasteiger partial charge >= 0.3 is 0 Å². The molecule has 1 aromatic rings. The van der Waals surface area contributed by atoms with Crippen molar-refractivity contribution in [1.82, 2.24) is 5.32 Å². The number of carbonyl (C=O) groups excluding carboxylic acids is 1. The SMILES string of the molecule is Cc1ccc(C(C)NC(=O)C(Br)C2(C)CC2(Cl)Cl)c(C)c1. The van der Waals surface area contributed by atoms with E-state index in [1.54, 1.807) is 0 Å². The number of hydrogen-bond acceptors (Lipinski definition) is 1. The van der Waals surface area contributed by atoms with Gasteiger partial charge in [0.1, 0.15) is 9.16 Å². The predicted molar refractivity (Wildman–Crippen MR) is 92.3 cm³/mol. The minimum atomic E-state index is -0.818. The Balaban J connectivity index is 2.06. The fraction of sp³-hybridized carbons (Fsp3) is 0.562. The van der Waals surface area contributed by atoms with Gasteiger partial charge in [0.2, 0.25) is 5.91 Å². The zero-order valence-corrected chi connectivity index (χ0v) is 15.7. The Morgan fingerprint density at radius 3 is 2.43 bits per heavy atom. The van der Waals surface area contributed by atoms with E-state index in [0.29, 0.717) is 6.42 Å². The largest absolute Gasteiger partial charge is 0.349 e. The highest BCUT2D eigenvalue weighted by Crippen LogP contribution is 2.67. The molecule has 0 saturated heterocycles. The first kappa shape index (κ1) is 17.1. The molecule has 1 aliphatic carbocycles. The highest BCUT2D eigenvalue weighted by Gasteiger charge is 2.67. The van der Waals surface area contributed by atoms with E-state index in [0.717, 1.165) is 5.56 Å². The summed E-state index contributed by atoms with van der Waals surface area (Å²) in [5, 5.41) is 3.04. The van der Waals surface area contributed by atoms with Crippen molar-refractivity contribution in [3.05, 3.63) is 34.9 Å². The van der Waals surface area contributed by atoms with E-state index in [4.69, 9.17) is 23.2 Å². The fourth-order valence-corrected chi connectivity index (χ4v) is 4.38. The van der Waals surface area contributed by atoms with Crippen molar-refractivity contribution in [3.63, 3.8) is 0 Å². The van der Waals surface area contributed by atoms with E-state index in [9.17, 15) is 4.79 Å². The number of halogens is 3. The Hall–Kier alpha value is -0.250. The van der Waals surface area contributed by atoms with Crippen LogP contribution in [0.2, 0.25) is 0 Å². The van der Waals surface area contributed by atoms with Crippen molar-refractivity contribution in [1.29, 1.82) is 0 Å². The molecule has 2 nitrogen and oxygen atoms in total. The molecule has 0 aliphatic heterocycles. The summed E-state index contributed by atoms with van der Waals surface area (Å²) in [4.78, 5) is 12.0. The van der Waals surface area contributed by atoms with E-state index < -0.39 is 14.6 Å². The summed E-state index contributed by atoms with van der Waals surface area (Å²) in [6.45, 7) is 8.03. The molecule has 1 amide bonds. The van der Waals surface area contributed by atoms with Gasteiger partial charge in [-0.1, -0.05) is 46.6 Å². The average Bonchev–Trinajstić information content (AvgIpc) is 2.88. The maximum absolute atomic E-state index is 12.4. The van der Waals surface area contributed by atoms with Crippen LogP contribution in [0.3, 0.4) is 0 Å². The second-order valence-electron chi connectivity index (χ2n) is 6.25. The number of benzene rings is 1. The van der Waals surface area contributed by atoms with Gasteiger partial charge < -0.3 is 5.32 Å². The zero-order chi connectivity index (χ0) is 16.0. The molecule has 3 unspecified atom stereocenters. The summed E-state index contributed by atoms with van der Waals surface area (Å²) < 4.78 is -0.818. The third-order valence-electron chi connectivity index (χ3n) is 4.34. The number of hydrogen-bond donors (Lipinski definition) is 1. The molecule has 0 aromatic heterocycles. The molecular formula is C16H20BrCl2NO. The van der Waals surface area contributed by atoms with Gasteiger partial charge in [-0.2, -0.15) is 0 Å². The Morgan fingerprint density at radius 2 is 1.95 bits per heavy atom. The zero-order valence-electron chi connectivity index (χ0n) is 12.6. The van der Waals surface area contributed by atoms with Crippen LogP contribution in [0.4, 0.5) is 0 Å². The molecule has 1 N–H and O–H groups in total. The van der Waals surface area contributed by atoms with Gasteiger partial charge in [0.05, 0.1) is 6.04 Å². The number of rotatable bonds is 4. The van der Waals surface area contributed by atoms with Crippen LogP contribution in [0, 0.1) is 19.3 Å². The van der Waals surface area contributed by atoms with Crippen LogP contribution in [0.1, 0.15) is 43.0 Å². The Morgan fingerprint density at radius 1 is 1.38 bits per heavy atom. The van der Waals surface area contributed by atoms with Crippen molar-refractivity contribution >= 4 is 45.0 Å². The van der Waals surface area contributed by atoms with Crippen molar-refractivity contribution in [2.75, 3.05) is 0 Å². The second-order valence-corrected chi connectivity index (χ2v) is 8.65. The standard InChI is InChI=1S/C16H20BrCl2NO/c1-9-5-6-12(10(2)7-9)11(3)20-14(21)13(17)15(4)8-16(15,18)19/h5-7,11,13H,8H2,1-4H3,(H,20,21). The highest BCUT2D eigenvalue weighted by atomic mass is 79.9. The Kier molecular flexibility index (Phi) is 4.68.